The highest BCUT2D eigenvalue weighted by molar-refractivity contribution is 6.32. The number of piperazine rings is 1. The molecular weight excluding hydrogens is 317 g/mol. The number of nitrogens with zero attached hydrogens (tertiary/aromatic N) is 2. The lowest BCUT2D eigenvalue weighted by molar-refractivity contribution is -0.258. The Labute approximate surface area is 133 Å². The van der Waals surface area contributed by atoms with Gasteiger partial charge < -0.3 is 14.7 Å². The van der Waals surface area contributed by atoms with Gasteiger partial charge in [-0.25, -0.2) is 4.79 Å². The van der Waals surface area contributed by atoms with Gasteiger partial charge in [0.05, 0.1) is 0 Å². The highest BCUT2D eigenvalue weighted by atomic mass is 19.4. The normalized spacial score (nSPS) is 20.1. The first kappa shape index (κ1) is 19.7. The van der Waals surface area contributed by atoms with Gasteiger partial charge in [-0.3, -0.25) is 9.69 Å². The molecule has 0 spiro atoms. The average Bonchev–Trinajstić information content (AvgIpc) is 2.35. The van der Waals surface area contributed by atoms with E-state index < -0.39 is 35.8 Å². The van der Waals surface area contributed by atoms with Crippen molar-refractivity contribution in [3.8, 4) is 0 Å². The average molecular weight is 340 g/mol. The fraction of sp³-hybridized carbons (Fsp3) is 0.857. The second-order valence-corrected chi connectivity index (χ2v) is 6.84. The van der Waals surface area contributed by atoms with Gasteiger partial charge in [-0.1, -0.05) is 0 Å². The molecule has 1 heterocycles. The minimum Gasteiger partial charge on any atom is -0.453 e. The number of carbonyl (C=O) groups excluding carboxylic acids is 2. The summed E-state index contributed by atoms with van der Waals surface area (Å²) in [6.45, 7) is 5.52. The summed E-state index contributed by atoms with van der Waals surface area (Å²) in [6, 6.07) is 0. The second-order valence-electron chi connectivity index (χ2n) is 6.84. The van der Waals surface area contributed by atoms with E-state index in [1.807, 2.05) is 0 Å². The Morgan fingerprint density at radius 3 is 1.91 bits per heavy atom. The molecule has 1 rings (SSSR count). The number of halogens is 3. The van der Waals surface area contributed by atoms with E-state index in [-0.39, 0.29) is 26.2 Å². The largest absolute Gasteiger partial charge is 0.453 e. The van der Waals surface area contributed by atoms with Gasteiger partial charge in [0.2, 0.25) is 0 Å². The Morgan fingerprint density at radius 2 is 1.52 bits per heavy atom. The van der Waals surface area contributed by atoms with E-state index >= 15 is 0 Å². The summed E-state index contributed by atoms with van der Waals surface area (Å²) in [4.78, 5) is 26.3. The molecule has 0 unspecified atom stereocenters. The first-order valence-corrected chi connectivity index (χ1v) is 7.27. The number of amides is 1. The first-order valence-electron chi connectivity index (χ1n) is 7.27. The molecule has 6 nitrogen and oxygen atoms in total. The third kappa shape index (κ3) is 5.65. The zero-order chi connectivity index (χ0) is 18.1. The van der Waals surface area contributed by atoms with Crippen molar-refractivity contribution >= 4 is 11.9 Å². The molecule has 0 radical (unpaired) electrons. The monoisotopic (exact) mass is 340 g/mol. The summed E-state index contributed by atoms with van der Waals surface area (Å²) in [5, 5.41) is 9.47. The summed E-state index contributed by atoms with van der Waals surface area (Å²) in [5.74, 6) is -1.78. The number of esters is 1. The molecule has 0 aliphatic carbocycles. The van der Waals surface area contributed by atoms with Crippen LogP contribution in [0.4, 0.5) is 13.2 Å². The molecule has 23 heavy (non-hydrogen) atoms. The SMILES string of the molecule is CC(C)(C)OC(=O)C(=O)N1CCN(C[C@](C)(O)C(F)(F)F)CC1. The number of aliphatic hydroxyl groups is 1. The van der Waals surface area contributed by atoms with Crippen molar-refractivity contribution in [1.29, 1.82) is 0 Å². The van der Waals surface area contributed by atoms with Crippen LogP contribution in [0.5, 0.6) is 0 Å². The maximum Gasteiger partial charge on any atom is 0.418 e. The highest BCUT2D eigenvalue weighted by Gasteiger charge is 2.50. The highest BCUT2D eigenvalue weighted by Crippen LogP contribution is 2.30. The first-order chi connectivity index (χ1) is 10.2. The third-order valence-corrected chi connectivity index (χ3v) is 3.38. The van der Waals surface area contributed by atoms with Crippen molar-refractivity contribution in [3.05, 3.63) is 0 Å². The van der Waals surface area contributed by atoms with E-state index in [0.717, 1.165) is 0 Å². The van der Waals surface area contributed by atoms with Crippen molar-refractivity contribution in [2.45, 2.75) is 45.1 Å². The van der Waals surface area contributed by atoms with Crippen LogP contribution < -0.4 is 0 Å². The molecule has 1 atom stereocenters. The number of rotatable bonds is 2. The fourth-order valence-corrected chi connectivity index (χ4v) is 2.08. The Bertz CT molecular complexity index is 450. The van der Waals surface area contributed by atoms with Crippen LogP contribution in [0.2, 0.25) is 0 Å². The quantitative estimate of drug-likeness (QED) is 0.594. The topological polar surface area (TPSA) is 70.1 Å². The minimum atomic E-state index is -4.73. The molecule has 1 N–H and O–H groups in total. The molecule has 9 heteroatoms. The molecule has 0 bridgehead atoms. The van der Waals surface area contributed by atoms with Crippen molar-refractivity contribution in [2.24, 2.45) is 0 Å². The van der Waals surface area contributed by atoms with Crippen molar-refractivity contribution in [1.82, 2.24) is 9.80 Å². The lowest BCUT2D eigenvalue weighted by Crippen LogP contribution is -2.57. The van der Waals surface area contributed by atoms with E-state index in [1.165, 1.54) is 9.80 Å². The van der Waals surface area contributed by atoms with Crippen LogP contribution in [0, 0.1) is 0 Å². The van der Waals surface area contributed by atoms with E-state index in [9.17, 15) is 27.9 Å². The number of alkyl halides is 3. The summed E-state index contributed by atoms with van der Waals surface area (Å²) < 4.78 is 42.9. The summed E-state index contributed by atoms with van der Waals surface area (Å²) in [7, 11) is 0. The predicted molar refractivity (Wildman–Crippen MR) is 75.5 cm³/mol. The van der Waals surface area contributed by atoms with Crippen molar-refractivity contribution in [2.75, 3.05) is 32.7 Å². The number of carbonyl (C=O) groups is 2. The van der Waals surface area contributed by atoms with Crippen LogP contribution in [0.25, 0.3) is 0 Å². The number of ether oxygens (including phenoxy) is 1. The number of β-amino-alcohol motifs (C(OH)–C–C–N with tert-alkyl or cyclic N) is 1. The Morgan fingerprint density at radius 1 is 1.04 bits per heavy atom. The van der Waals surface area contributed by atoms with E-state index in [0.29, 0.717) is 6.92 Å². The molecule has 1 aliphatic heterocycles. The van der Waals surface area contributed by atoms with Gasteiger partial charge in [-0.05, 0) is 27.7 Å². The Kier molecular flexibility index (Phi) is 5.69. The van der Waals surface area contributed by atoms with E-state index in [2.05, 4.69) is 0 Å². The van der Waals surface area contributed by atoms with Crippen molar-refractivity contribution < 1.29 is 32.6 Å². The zero-order valence-corrected chi connectivity index (χ0v) is 13.7. The maximum atomic E-state index is 12.7. The summed E-state index contributed by atoms with van der Waals surface area (Å²) >= 11 is 0. The van der Waals surface area contributed by atoms with Crippen molar-refractivity contribution in [3.63, 3.8) is 0 Å². The Balaban J connectivity index is 2.53. The molecule has 1 aliphatic rings. The van der Waals surface area contributed by atoms with Crippen LogP contribution in [0.3, 0.4) is 0 Å². The van der Waals surface area contributed by atoms with Gasteiger partial charge in [-0.15, -0.1) is 0 Å². The van der Waals surface area contributed by atoms with Gasteiger partial charge in [0, 0.05) is 32.7 Å². The Hall–Kier alpha value is -1.35. The number of hydrogen-bond donors (Lipinski definition) is 1. The van der Waals surface area contributed by atoms with Gasteiger partial charge in [0.25, 0.3) is 0 Å². The molecule has 0 aromatic rings. The minimum absolute atomic E-state index is 0.103. The molecule has 0 aromatic heterocycles. The lowest BCUT2D eigenvalue weighted by atomic mass is 10.1. The van der Waals surface area contributed by atoms with Gasteiger partial charge in [-0.2, -0.15) is 13.2 Å². The van der Waals surface area contributed by atoms with Crippen LogP contribution in [-0.2, 0) is 14.3 Å². The van der Waals surface area contributed by atoms with Crippen LogP contribution in [0.15, 0.2) is 0 Å². The van der Waals surface area contributed by atoms with Crippen LogP contribution in [-0.4, -0.2) is 76.9 Å². The zero-order valence-electron chi connectivity index (χ0n) is 13.7. The van der Waals surface area contributed by atoms with E-state index in [4.69, 9.17) is 4.74 Å². The molecule has 134 valence electrons. The fourth-order valence-electron chi connectivity index (χ4n) is 2.08. The van der Waals surface area contributed by atoms with Crippen LogP contribution >= 0.6 is 0 Å². The van der Waals surface area contributed by atoms with Gasteiger partial charge in [0.1, 0.15) is 5.60 Å². The molecule has 1 saturated heterocycles. The van der Waals surface area contributed by atoms with Gasteiger partial charge >= 0.3 is 18.1 Å². The third-order valence-electron chi connectivity index (χ3n) is 3.38. The lowest BCUT2D eigenvalue weighted by Gasteiger charge is -2.38. The summed E-state index contributed by atoms with van der Waals surface area (Å²) in [6.07, 6.45) is -4.73. The molecule has 1 amide bonds. The number of hydrogen-bond acceptors (Lipinski definition) is 5. The molecule has 1 fully saturated rings. The summed E-state index contributed by atoms with van der Waals surface area (Å²) in [5.41, 5.74) is -3.61. The molecule has 0 saturated carbocycles. The van der Waals surface area contributed by atoms with Crippen LogP contribution in [0.1, 0.15) is 27.7 Å². The predicted octanol–water partition coefficient (Wildman–Crippen LogP) is 0.786. The molecular formula is C14H23F3N2O4. The standard InChI is InChI=1S/C14H23F3N2O4/c1-12(2,3)23-11(21)10(20)19-7-5-18(6-8-19)9-13(4,22)14(15,16)17/h22H,5-9H2,1-4H3/t13-/m0/s1. The molecule has 0 aromatic carbocycles. The van der Waals surface area contributed by atoms with E-state index in [1.54, 1.807) is 20.8 Å². The smallest absolute Gasteiger partial charge is 0.418 e. The maximum absolute atomic E-state index is 12.7. The second kappa shape index (κ2) is 6.64. The van der Waals surface area contributed by atoms with Gasteiger partial charge in [0.15, 0.2) is 5.60 Å².